The Morgan fingerprint density at radius 2 is 1.83 bits per heavy atom. The van der Waals surface area contributed by atoms with Crippen molar-refractivity contribution in [3.8, 4) is 0 Å². The highest BCUT2D eigenvalue weighted by Gasteiger charge is 2.26. The van der Waals surface area contributed by atoms with Crippen molar-refractivity contribution in [3.05, 3.63) is 28.2 Å². The van der Waals surface area contributed by atoms with Gasteiger partial charge in [-0.2, -0.15) is 4.31 Å². The quantitative estimate of drug-likeness (QED) is 0.739. The molecule has 2 rings (SSSR count). The van der Waals surface area contributed by atoms with Crippen LogP contribution in [0.3, 0.4) is 0 Å². The zero-order chi connectivity index (χ0) is 17.9. The van der Waals surface area contributed by atoms with E-state index in [0.29, 0.717) is 29.0 Å². The van der Waals surface area contributed by atoms with Crippen LogP contribution in [0.15, 0.2) is 27.6 Å². The molecule has 1 aromatic rings. The fourth-order valence-electron chi connectivity index (χ4n) is 2.92. The van der Waals surface area contributed by atoms with E-state index in [1.807, 2.05) is 4.90 Å². The summed E-state index contributed by atoms with van der Waals surface area (Å²) in [4.78, 5) is 14.8. The van der Waals surface area contributed by atoms with Crippen molar-refractivity contribution in [1.29, 1.82) is 0 Å². The van der Waals surface area contributed by atoms with Crippen LogP contribution in [0.1, 0.15) is 44.0 Å². The number of halogens is 1. The average molecular weight is 417 g/mol. The topological polar surface area (TPSA) is 57.7 Å². The molecular weight excluding hydrogens is 392 g/mol. The van der Waals surface area contributed by atoms with Gasteiger partial charge in [0.1, 0.15) is 0 Å². The molecule has 5 nitrogen and oxygen atoms in total. The van der Waals surface area contributed by atoms with Crippen LogP contribution in [0, 0.1) is 5.92 Å². The van der Waals surface area contributed by atoms with Crippen molar-refractivity contribution in [2.24, 2.45) is 5.92 Å². The lowest BCUT2D eigenvalue weighted by atomic mass is 9.98. The average Bonchev–Trinajstić information content (AvgIpc) is 2.56. The molecule has 1 fully saturated rings. The van der Waals surface area contributed by atoms with Crippen LogP contribution in [-0.2, 0) is 10.0 Å². The fourth-order valence-corrected chi connectivity index (χ4v) is 4.82. The van der Waals surface area contributed by atoms with Crippen LogP contribution in [-0.4, -0.2) is 49.7 Å². The number of sulfonamides is 1. The second-order valence-electron chi connectivity index (χ2n) is 6.21. The Hall–Kier alpha value is -0.920. The predicted octanol–water partition coefficient (Wildman–Crippen LogP) is 3.35. The van der Waals surface area contributed by atoms with E-state index in [1.54, 1.807) is 26.0 Å². The van der Waals surface area contributed by atoms with Crippen molar-refractivity contribution in [2.75, 3.05) is 26.2 Å². The lowest BCUT2D eigenvalue weighted by molar-refractivity contribution is 0.0696. The van der Waals surface area contributed by atoms with Gasteiger partial charge in [0.25, 0.3) is 5.91 Å². The van der Waals surface area contributed by atoms with Crippen LogP contribution in [0.5, 0.6) is 0 Å². The number of hydrogen-bond donors (Lipinski definition) is 0. The molecule has 0 bridgehead atoms. The standard InChI is InChI=1S/C17H25BrN2O3S/c1-4-20(5-2)24(22,23)14-6-7-16(18)15(12-14)17(21)19-10-8-13(3)9-11-19/h6-7,12-13H,4-5,8-11H2,1-3H3. The summed E-state index contributed by atoms with van der Waals surface area (Å²) in [5, 5.41) is 0. The Morgan fingerprint density at radius 3 is 2.38 bits per heavy atom. The molecule has 0 spiro atoms. The minimum Gasteiger partial charge on any atom is -0.339 e. The minimum absolute atomic E-state index is 0.106. The molecule has 1 heterocycles. The molecule has 0 aliphatic carbocycles. The lowest BCUT2D eigenvalue weighted by Gasteiger charge is -2.30. The van der Waals surface area contributed by atoms with Gasteiger partial charge in [-0.05, 0) is 52.9 Å². The maximum atomic E-state index is 12.8. The summed E-state index contributed by atoms with van der Waals surface area (Å²) in [6.45, 7) is 8.06. The Labute approximate surface area is 153 Å². The van der Waals surface area contributed by atoms with E-state index in [4.69, 9.17) is 0 Å². The molecule has 1 amide bonds. The fraction of sp³-hybridized carbons (Fsp3) is 0.588. The predicted molar refractivity (Wildman–Crippen MR) is 98.6 cm³/mol. The number of carbonyl (C=O) groups excluding carboxylic acids is 1. The van der Waals surface area contributed by atoms with Crippen LogP contribution in [0.2, 0.25) is 0 Å². The first-order valence-electron chi connectivity index (χ1n) is 8.40. The van der Waals surface area contributed by atoms with Crippen molar-refractivity contribution in [3.63, 3.8) is 0 Å². The van der Waals surface area contributed by atoms with Crippen LogP contribution < -0.4 is 0 Å². The molecule has 1 saturated heterocycles. The van der Waals surface area contributed by atoms with Gasteiger partial charge in [-0.3, -0.25) is 4.79 Å². The first-order chi connectivity index (χ1) is 11.3. The lowest BCUT2D eigenvalue weighted by Crippen LogP contribution is -2.38. The van der Waals surface area contributed by atoms with Crippen molar-refractivity contribution >= 4 is 31.9 Å². The summed E-state index contributed by atoms with van der Waals surface area (Å²) in [6.07, 6.45) is 1.97. The number of amides is 1. The Bertz CT molecular complexity index is 694. The minimum atomic E-state index is -3.57. The highest BCUT2D eigenvalue weighted by atomic mass is 79.9. The molecule has 7 heteroatoms. The largest absolute Gasteiger partial charge is 0.339 e. The van der Waals surface area contributed by atoms with Gasteiger partial charge in [-0.15, -0.1) is 0 Å². The van der Waals surface area contributed by atoms with Crippen molar-refractivity contribution in [1.82, 2.24) is 9.21 Å². The van der Waals surface area contributed by atoms with E-state index in [-0.39, 0.29) is 10.8 Å². The van der Waals surface area contributed by atoms with E-state index < -0.39 is 10.0 Å². The highest BCUT2D eigenvalue weighted by Crippen LogP contribution is 2.26. The summed E-state index contributed by atoms with van der Waals surface area (Å²) in [7, 11) is -3.57. The molecule has 0 saturated carbocycles. The first-order valence-corrected chi connectivity index (χ1v) is 10.6. The van der Waals surface area contributed by atoms with Crippen LogP contribution >= 0.6 is 15.9 Å². The molecule has 1 aromatic carbocycles. The number of rotatable bonds is 5. The number of carbonyl (C=O) groups is 1. The molecule has 0 aromatic heterocycles. The van der Waals surface area contributed by atoms with E-state index in [9.17, 15) is 13.2 Å². The van der Waals surface area contributed by atoms with E-state index in [1.165, 1.54) is 10.4 Å². The number of piperidine rings is 1. The van der Waals surface area contributed by atoms with Crippen molar-refractivity contribution < 1.29 is 13.2 Å². The number of benzene rings is 1. The smallest absolute Gasteiger partial charge is 0.255 e. The third-order valence-corrected chi connectivity index (χ3v) is 7.32. The van der Waals surface area contributed by atoms with Gasteiger partial charge >= 0.3 is 0 Å². The van der Waals surface area contributed by atoms with Gasteiger partial charge in [0.15, 0.2) is 0 Å². The molecule has 0 N–H and O–H groups in total. The summed E-state index contributed by atoms with van der Waals surface area (Å²) in [5.41, 5.74) is 0.415. The van der Waals surface area contributed by atoms with Gasteiger partial charge < -0.3 is 4.90 Å². The summed E-state index contributed by atoms with van der Waals surface area (Å²) < 4.78 is 27.4. The Balaban J connectivity index is 2.34. The van der Waals surface area contributed by atoms with Crippen LogP contribution in [0.4, 0.5) is 0 Å². The first kappa shape index (κ1) is 19.4. The number of hydrogen-bond acceptors (Lipinski definition) is 3. The molecule has 24 heavy (non-hydrogen) atoms. The Kier molecular flexibility index (Phi) is 6.45. The molecule has 1 aliphatic rings. The number of likely N-dealkylation sites (tertiary alicyclic amines) is 1. The third-order valence-electron chi connectivity index (χ3n) is 4.58. The third kappa shape index (κ3) is 4.00. The summed E-state index contributed by atoms with van der Waals surface area (Å²) in [6, 6.07) is 4.70. The van der Waals surface area contributed by atoms with Gasteiger partial charge in [0.2, 0.25) is 10.0 Å². The maximum Gasteiger partial charge on any atom is 0.255 e. The molecule has 0 radical (unpaired) electrons. The normalized spacial score (nSPS) is 16.6. The van der Waals surface area contributed by atoms with Gasteiger partial charge in [0.05, 0.1) is 10.5 Å². The Morgan fingerprint density at radius 1 is 1.25 bits per heavy atom. The monoisotopic (exact) mass is 416 g/mol. The second kappa shape index (κ2) is 7.97. The van der Waals surface area contributed by atoms with Gasteiger partial charge in [0, 0.05) is 30.7 Å². The molecule has 0 unspecified atom stereocenters. The molecular formula is C17H25BrN2O3S. The zero-order valence-corrected chi connectivity index (χ0v) is 16.9. The molecule has 0 atom stereocenters. The van der Waals surface area contributed by atoms with Gasteiger partial charge in [-0.25, -0.2) is 8.42 Å². The maximum absolute atomic E-state index is 12.8. The van der Waals surface area contributed by atoms with Crippen molar-refractivity contribution in [2.45, 2.75) is 38.5 Å². The van der Waals surface area contributed by atoms with E-state index >= 15 is 0 Å². The van der Waals surface area contributed by atoms with E-state index in [2.05, 4.69) is 22.9 Å². The van der Waals surface area contributed by atoms with Crippen LogP contribution in [0.25, 0.3) is 0 Å². The molecule has 1 aliphatic heterocycles. The number of nitrogens with zero attached hydrogens (tertiary/aromatic N) is 2. The highest BCUT2D eigenvalue weighted by molar-refractivity contribution is 9.10. The zero-order valence-electron chi connectivity index (χ0n) is 14.5. The molecule has 134 valence electrons. The SMILES string of the molecule is CCN(CC)S(=O)(=O)c1ccc(Br)c(C(=O)N2CCC(C)CC2)c1. The summed E-state index contributed by atoms with van der Waals surface area (Å²) >= 11 is 3.39. The summed E-state index contributed by atoms with van der Waals surface area (Å²) in [5.74, 6) is 0.525. The van der Waals surface area contributed by atoms with E-state index in [0.717, 1.165) is 25.9 Å². The second-order valence-corrected chi connectivity index (χ2v) is 9.00. The van der Waals surface area contributed by atoms with Gasteiger partial charge in [-0.1, -0.05) is 20.8 Å².